The molecule has 3 N–H and O–H groups in total. The van der Waals surface area contributed by atoms with Crippen LogP contribution in [0.5, 0.6) is 0 Å². The molecule has 0 amide bonds. The molecule has 0 aromatic rings. The van der Waals surface area contributed by atoms with Gasteiger partial charge in [0.2, 0.25) is 0 Å². The first-order valence-corrected chi connectivity index (χ1v) is 38.4. The highest BCUT2D eigenvalue weighted by Gasteiger charge is 2.30. The van der Waals surface area contributed by atoms with E-state index in [1.165, 1.54) is 141 Å². The predicted octanol–water partition coefficient (Wildman–Crippen LogP) is 19.1. The lowest BCUT2D eigenvalue weighted by Gasteiger charge is -2.21. The third-order valence-corrected chi connectivity index (χ3v) is 18.3. The Bertz CT molecular complexity index is 1720. The van der Waals surface area contributed by atoms with Crippen molar-refractivity contribution in [2.24, 2.45) is 17.8 Å². The molecule has 0 aliphatic rings. The van der Waals surface area contributed by atoms with Crippen LogP contribution >= 0.6 is 15.6 Å². The highest BCUT2D eigenvalue weighted by atomic mass is 31.2. The van der Waals surface area contributed by atoms with Crippen molar-refractivity contribution in [3.8, 4) is 0 Å². The molecule has 19 heteroatoms. The smallest absolute Gasteiger partial charge is 0.462 e. The van der Waals surface area contributed by atoms with Gasteiger partial charge in [0, 0.05) is 25.7 Å². The van der Waals surface area contributed by atoms with Gasteiger partial charge in [-0.3, -0.25) is 37.3 Å². The van der Waals surface area contributed by atoms with E-state index in [1.807, 2.05) is 0 Å². The van der Waals surface area contributed by atoms with Crippen LogP contribution in [0.2, 0.25) is 0 Å². The number of esters is 4. The van der Waals surface area contributed by atoms with Crippen molar-refractivity contribution in [2.75, 3.05) is 39.6 Å². The number of carbonyl (C=O) groups is 4. The van der Waals surface area contributed by atoms with Crippen molar-refractivity contribution in [3.05, 3.63) is 0 Å². The zero-order valence-electron chi connectivity index (χ0n) is 56.5. The second-order valence-corrected chi connectivity index (χ2v) is 28.4. The molecule has 87 heavy (non-hydrogen) atoms. The van der Waals surface area contributed by atoms with E-state index in [4.69, 9.17) is 37.0 Å². The minimum Gasteiger partial charge on any atom is -0.462 e. The van der Waals surface area contributed by atoms with Gasteiger partial charge in [-0.1, -0.05) is 286 Å². The summed E-state index contributed by atoms with van der Waals surface area (Å²) in [5.74, 6) is 0.113. The average Bonchev–Trinajstić information content (AvgIpc) is 3.71. The Morgan fingerprint density at radius 1 is 0.333 bits per heavy atom. The Hall–Kier alpha value is -1.94. The first-order chi connectivity index (χ1) is 41.8. The van der Waals surface area contributed by atoms with Crippen LogP contribution in [-0.4, -0.2) is 96.7 Å². The van der Waals surface area contributed by atoms with Crippen LogP contribution in [0.15, 0.2) is 0 Å². The summed E-state index contributed by atoms with van der Waals surface area (Å²) in [6.45, 7) is 11.8. The number of carbonyl (C=O) groups excluding carboxylic acids is 4. The number of aliphatic hydroxyl groups excluding tert-OH is 1. The van der Waals surface area contributed by atoms with Crippen LogP contribution in [0.3, 0.4) is 0 Å². The SMILES string of the molecule is CCCCCCCCCCCCC(=O)OC[C@H](COP(=O)(O)OC[C@H](O)COP(=O)(O)OC[C@@H](COC(=O)CCCCCCCCC(C)CC)OC(=O)CCCCCCCCCCCCCCCCC(C)C)OC(=O)CCCCCCCCC(C)CC. The molecule has 0 spiro atoms. The van der Waals surface area contributed by atoms with Gasteiger partial charge in [0.15, 0.2) is 12.2 Å². The number of unbranched alkanes of at least 4 members (excludes halogenated alkanes) is 32. The van der Waals surface area contributed by atoms with E-state index in [2.05, 4.69) is 48.5 Å². The van der Waals surface area contributed by atoms with E-state index >= 15 is 0 Å². The molecule has 0 aliphatic carbocycles. The molecule has 0 radical (unpaired) electrons. The average molecular weight is 1280 g/mol. The Morgan fingerprint density at radius 2 is 0.586 bits per heavy atom. The summed E-state index contributed by atoms with van der Waals surface area (Å²) >= 11 is 0. The van der Waals surface area contributed by atoms with Crippen LogP contribution in [0.25, 0.3) is 0 Å². The van der Waals surface area contributed by atoms with Crippen molar-refractivity contribution in [1.29, 1.82) is 0 Å². The Morgan fingerprint density at radius 3 is 0.874 bits per heavy atom. The molecule has 0 bridgehead atoms. The van der Waals surface area contributed by atoms with E-state index in [-0.39, 0.29) is 25.7 Å². The van der Waals surface area contributed by atoms with Crippen molar-refractivity contribution < 1.29 is 80.2 Å². The van der Waals surface area contributed by atoms with Crippen LogP contribution in [0.4, 0.5) is 0 Å². The number of ether oxygens (including phenoxy) is 4. The van der Waals surface area contributed by atoms with Gasteiger partial charge in [-0.05, 0) is 43.4 Å². The highest BCUT2D eigenvalue weighted by molar-refractivity contribution is 7.47. The number of phosphoric acid groups is 2. The maximum Gasteiger partial charge on any atom is 0.472 e. The summed E-state index contributed by atoms with van der Waals surface area (Å²) in [5.41, 5.74) is 0. The van der Waals surface area contributed by atoms with Crippen molar-refractivity contribution in [1.82, 2.24) is 0 Å². The van der Waals surface area contributed by atoms with E-state index in [1.54, 1.807) is 0 Å². The summed E-state index contributed by atoms with van der Waals surface area (Å²) < 4.78 is 68.1. The molecule has 7 atom stereocenters. The normalized spacial score (nSPS) is 14.9. The minimum absolute atomic E-state index is 0.103. The third-order valence-electron chi connectivity index (χ3n) is 16.4. The number of phosphoric ester groups is 2. The summed E-state index contributed by atoms with van der Waals surface area (Å²) in [6.07, 6.45) is 41.7. The maximum absolute atomic E-state index is 13.0. The van der Waals surface area contributed by atoms with Gasteiger partial charge >= 0.3 is 39.5 Å². The Labute approximate surface area is 530 Å². The number of hydrogen-bond donors (Lipinski definition) is 3. The van der Waals surface area contributed by atoms with E-state index in [9.17, 15) is 43.2 Å². The highest BCUT2D eigenvalue weighted by Crippen LogP contribution is 2.45. The molecule has 0 rings (SSSR count). The van der Waals surface area contributed by atoms with Crippen molar-refractivity contribution >= 4 is 39.5 Å². The second kappa shape index (κ2) is 59.1. The van der Waals surface area contributed by atoms with E-state index in [0.717, 1.165) is 114 Å². The molecule has 0 aromatic carbocycles. The van der Waals surface area contributed by atoms with Gasteiger partial charge in [0.05, 0.1) is 26.4 Å². The molecular weight excluding hydrogens is 1150 g/mol. The van der Waals surface area contributed by atoms with Gasteiger partial charge < -0.3 is 33.8 Å². The minimum atomic E-state index is -4.95. The van der Waals surface area contributed by atoms with Crippen LogP contribution < -0.4 is 0 Å². The van der Waals surface area contributed by atoms with Gasteiger partial charge in [0.1, 0.15) is 19.3 Å². The summed E-state index contributed by atoms with van der Waals surface area (Å²) in [5, 5.41) is 10.6. The van der Waals surface area contributed by atoms with Crippen molar-refractivity contribution in [2.45, 2.75) is 356 Å². The lowest BCUT2D eigenvalue weighted by molar-refractivity contribution is -0.161. The summed E-state index contributed by atoms with van der Waals surface area (Å²) in [7, 11) is -9.90. The lowest BCUT2D eigenvalue weighted by atomic mass is 10.00. The fraction of sp³-hybridized carbons (Fsp3) is 0.941. The van der Waals surface area contributed by atoms with E-state index in [0.29, 0.717) is 25.7 Å². The first kappa shape index (κ1) is 85.1. The zero-order valence-corrected chi connectivity index (χ0v) is 58.3. The molecule has 0 fully saturated rings. The Kier molecular flexibility index (Phi) is 57.8. The fourth-order valence-corrected chi connectivity index (χ4v) is 11.7. The maximum atomic E-state index is 13.0. The molecule has 516 valence electrons. The topological polar surface area (TPSA) is 237 Å². The van der Waals surface area contributed by atoms with E-state index < -0.39 is 97.5 Å². The second-order valence-electron chi connectivity index (χ2n) is 25.5. The molecule has 0 aliphatic heterocycles. The predicted molar refractivity (Wildman–Crippen MR) is 349 cm³/mol. The summed E-state index contributed by atoms with van der Waals surface area (Å²) in [6, 6.07) is 0. The molecule has 0 saturated carbocycles. The summed E-state index contributed by atoms with van der Waals surface area (Å²) in [4.78, 5) is 72.4. The molecule has 17 nitrogen and oxygen atoms in total. The number of aliphatic hydroxyl groups is 1. The molecule has 0 heterocycles. The number of hydrogen-bond acceptors (Lipinski definition) is 15. The number of rotatable bonds is 66. The standard InChI is InChI=1S/C68H132O17P2/c1-8-11-12-13-14-15-23-26-35-42-49-65(70)78-55-64(85-68(73)52-45-38-31-29-34-41-48-61(7)10-3)58-83-87(76,77)81-54-62(69)53-80-86(74,75)82-57-63(56-79-66(71)50-43-36-30-28-33-40-47-60(6)9-2)84-67(72)51-44-37-27-24-21-19-17-16-18-20-22-25-32-39-46-59(4)5/h59-64,69H,8-58H2,1-7H3,(H,74,75)(H,76,77)/t60?,61?,62-,63-,64-/m1/s1. The van der Waals surface area contributed by atoms with Crippen LogP contribution in [-0.2, 0) is 65.4 Å². The molecular formula is C68H132O17P2. The monoisotopic (exact) mass is 1280 g/mol. The quantitative estimate of drug-likeness (QED) is 0.0222. The zero-order chi connectivity index (χ0) is 64.5. The Balaban J connectivity index is 5.22. The van der Waals surface area contributed by atoms with Crippen LogP contribution in [0, 0.1) is 17.8 Å². The fourth-order valence-electron chi connectivity index (χ4n) is 10.1. The third kappa shape index (κ3) is 60.1. The van der Waals surface area contributed by atoms with Gasteiger partial charge in [-0.2, -0.15) is 0 Å². The van der Waals surface area contributed by atoms with Gasteiger partial charge in [0.25, 0.3) is 0 Å². The van der Waals surface area contributed by atoms with Crippen molar-refractivity contribution in [3.63, 3.8) is 0 Å². The lowest BCUT2D eigenvalue weighted by Crippen LogP contribution is -2.30. The van der Waals surface area contributed by atoms with Gasteiger partial charge in [-0.25, -0.2) is 9.13 Å². The van der Waals surface area contributed by atoms with Crippen LogP contribution in [0.1, 0.15) is 337 Å². The molecule has 0 aromatic heterocycles. The largest absolute Gasteiger partial charge is 0.472 e. The molecule has 0 saturated heterocycles. The first-order valence-electron chi connectivity index (χ1n) is 35.4. The molecule has 4 unspecified atom stereocenters. The van der Waals surface area contributed by atoms with Gasteiger partial charge in [-0.15, -0.1) is 0 Å².